The van der Waals surface area contributed by atoms with Crippen molar-refractivity contribution in [2.45, 2.75) is 6.92 Å². The first-order chi connectivity index (χ1) is 11.0. The Labute approximate surface area is 136 Å². The summed E-state index contributed by atoms with van der Waals surface area (Å²) in [6.45, 7) is 1.65. The van der Waals surface area contributed by atoms with Crippen molar-refractivity contribution >= 4 is 28.8 Å². The van der Waals surface area contributed by atoms with Gasteiger partial charge in [-0.3, -0.25) is 9.59 Å². The Bertz CT molecular complexity index is 694. The van der Waals surface area contributed by atoms with Gasteiger partial charge in [0.2, 0.25) is 5.91 Å². The fraction of sp³-hybridized carbons (Fsp3) is 0.222. The number of hydrogen-bond donors (Lipinski definition) is 2. The highest BCUT2D eigenvalue weighted by Crippen LogP contribution is 2.16. The van der Waals surface area contributed by atoms with Crippen molar-refractivity contribution in [1.82, 2.24) is 0 Å². The molecule has 0 atom stereocenters. The lowest BCUT2D eigenvalue weighted by Gasteiger charge is -2.13. The molecule has 5 heteroatoms. The van der Waals surface area contributed by atoms with E-state index in [9.17, 15) is 9.59 Å². The van der Waals surface area contributed by atoms with Crippen LogP contribution in [-0.2, 0) is 4.79 Å². The number of anilines is 3. The van der Waals surface area contributed by atoms with Crippen LogP contribution in [0.1, 0.15) is 17.3 Å². The molecule has 0 heterocycles. The third-order valence-corrected chi connectivity index (χ3v) is 3.39. The summed E-state index contributed by atoms with van der Waals surface area (Å²) in [6, 6.07) is 14.7. The molecular weight excluding hydrogens is 290 g/mol. The summed E-state index contributed by atoms with van der Waals surface area (Å²) in [7, 11) is 3.93. The van der Waals surface area contributed by atoms with E-state index in [-0.39, 0.29) is 18.2 Å². The minimum Gasteiger partial charge on any atom is -0.378 e. The average Bonchev–Trinajstić information content (AvgIpc) is 2.53. The molecule has 2 N–H and O–H groups in total. The zero-order valence-corrected chi connectivity index (χ0v) is 13.6. The molecule has 0 fully saturated rings. The molecule has 2 aromatic rings. The van der Waals surface area contributed by atoms with Gasteiger partial charge in [0.05, 0.1) is 6.54 Å². The van der Waals surface area contributed by atoms with Crippen molar-refractivity contribution < 1.29 is 9.59 Å². The summed E-state index contributed by atoms with van der Waals surface area (Å²) in [5, 5.41) is 5.85. The summed E-state index contributed by atoms with van der Waals surface area (Å²) in [5.74, 6) is -0.144. The molecule has 0 spiro atoms. The Balaban J connectivity index is 1.90. The van der Waals surface area contributed by atoms with Crippen LogP contribution in [0.4, 0.5) is 17.1 Å². The predicted octanol–water partition coefficient (Wildman–Crippen LogP) is 3.01. The van der Waals surface area contributed by atoms with Gasteiger partial charge in [0.25, 0.3) is 0 Å². The Morgan fingerprint density at radius 1 is 1.00 bits per heavy atom. The minimum atomic E-state index is -0.143. The van der Waals surface area contributed by atoms with Crippen molar-refractivity contribution in [3.8, 4) is 0 Å². The highest BCUT2D eigenvalue weighted by atomic mass is 16.2. The number of carbonyl (C=O) groups is 2. The molecule has 120 valence electrons. The van der Waals surface area contributed by atoms with Gasteiger partial charge in [-0.1, -0.05) is 12.1 Å². The topological polar surface area (TPSA) is 61.4 Å². The maximum atomic E-state index is 12.0. The number of carbonyl (C=O) groups excluding carboxylic acids is 2. The molecule has 0 saturated carbocycles. The van der Waals surface area contributed by atoms with Gasteiger partial charge in [-0.15, -0.1) is 0 Å². The predicted molar refractivity (Wildman–Crippen MR) is 94.3 cm³/mol. The molecule has 0 aromatic heterocycles. The average molecular weight is 311 g/mol. The zero-order valence-electron chi connectivity index (χ0n) is 13.6. The smallest absolute Gasteiger partial charge is 0.243 e. The molecule has 0 radical (unpaired) electrons. The summed E-state index contributed by atoms with van der Waals surface area (Å²) in [5.41, 5.74) is 3.19. The van der Waals surface area contributed by atoms with Crippen molar-refractivity contribution in [3.63, 3.8) is 0 Å². The first-order valence-corrected chi connectivity index (χ1v) is 7.38. The zero-order chi connectivity index (χ0) is 16.8. The van der Waals surface area contributed by atoms with E-state index in [0.717, 1.165) is 17.1 Å². The maximum absolute atomic E-state index is 12.0. The Morgan fingerprint density at radius 2 is 1.70 bits per heavy atom. The van der Waals surface area contributed by atoms with Crippen LogP contribution in [0.25, 0.3) is 0 Å². The van der Waals surface area contributed by atoms with E-state index in [0.29, 0.717) is 5.56 Å². The molecule has 0 aliphatic heterocycles. The quantitative estimate of drug-likeness (QED) is 0.805. The van der Waals surface area contributed by atoms with Crippen LogP contribution in [0.3, 0.4) is 0 Å². The highest BCUT2D eigenvalue weighted by Gasteiger charge is 2.04. The monoisotopic (exact) mass is 311 g/mol. The third-order valence-electron chi connectivity index (χ3n) is 3.39. The molecule has 1 amide bonds. The second-order valence-electron chi connectivity index (χ2n) is 5.48. The fourth-order valence-electron chi connectivity index (χ4n) is 2.08. The Hall–Kier alpha value is -2.82. The van der Waals surface area contributed by atoms with Crippen molar-refractivity contribution in [2.75, 3.05) is 36.2 Å². The number of benzene rings is 2. The van der Waals surface area contributed by atoms with Crippen LogP contribution in [0.5, 0.6) is 0 Å². The molecular formula is C18H21N3O2. The van der Waals surface area contributed by atoms with Crippen LogP contribution < -0.4 is 15.5 Å². The third kappa shape index (κ3) is 4.85. The number of Topliss-reactive ketones (excluding diaryl/α,β-unsaturated/α-hetero) is 1. The van der Waals surface area contributed by atoms with E-state index in [1.165, 1.54) is 6.92 Å². The van der Waals surface area contributed by atoms with Gasteiger partial charge in [0.15, 0.2) is 5.78 Å². The van der Waals surface area contributed by atoms with Crippen molar-refractivity contribution in [3.05, 3.63) is 54.1 Å². The summed E-state index contributed by atoms with van der Waals surface area (Å²) < 4.78 is 0. The van der Waals surface area contributed by atoms with Gasteiger partial charge in [-0.25, -0.2) is 0 Å². The van der Waals surface area contributed by atoms with E-state index in [1.807, 2.05) is 49.3 Å². The Morgan fingerprint density at radius 3 is 2.30 bits per heavy atom. The van der Waals surface area contributed by atoms with Crippen LogP contribution in [0, 0.1) is 0 Å². The van der Waals surface area contributed by atoms with Gasteiger partial charge in [-0.05, 0) is 43.3 Å². The number of ketones is 1. The molecule has 2 rings (SSSR count). The van der Waals surface area contributed by atoms with E-state index in [1.54, 1.807) is 18.2 Å². The Kier molecular flexibility index (Phi) is 5.36. The summed E-state index contributed by atoms with van der Waals surface area (Å²) in [6.07, 6.45) is 0. The molecule has 0 aliphatic carbocycles. The van der Waals surface area contributed by atoms with E-state index >= 15 is 0 Å². The molecule has 5 nitrogen and oxygen atoms in total. The lowest BCUT2D eigenvalue weighted by atomic mass is 10.1. The number of rotatable bonds is 6. The second kappa shape index (κ2) is 7.45. The molecule has 0 unspecified atom stereocenters. The lowest BCUT2D eigenvalue weighted by Crippen LogP contribution is -2.21. The van der Waals surface area contributed by atoms with E-state index in [2.05, 4.69) is 10.6 Å². The lowest BCUT2D eigenvalue weighted by molar-refractivity contribution is -0.114. The second-order valence-corrected chi connectivity index (χ2v) is 5.48. The fourth-order valence-corrected chi connectivity index (χ4v) is 2.08. The van der Waals surface area contributed by atoms with Gasteiger partial charge in [-0.2, -0.15) is 0 Å². The number of nitrogens with one attached hydrogen (secondary N) is 2. The first-order valence-electron chi connectivity index (χ1n) is 7.38. The minimum absolute atomic E-state index is 0.000849. The maximum Gasteiger partial charge on any atom is 0.243 e. The summed E-state index contributed by atoms with van der Waals surface area (Å²) in [4.78, 5) is 25.3. The molecule has 0 aliphatic rings. The molecule has 23 heavy (non-hydrogen) atoms. The first kappa shape index (κ1) is 16.5. The standard InChI is InChI=1S/C18H21N3O2/c1-13(22)14-5-4-6-16(11-14)19-12-18(23)20-15-7-9-17(10-8-15)21(2)3/h4-11,19H,12H2,1-3H3,(H,20,23). The van der Waals surface area contributed by atoms with Gasteiger partial charge in [0.1, 0.15) is 0 Å². The number of amides is 1. The SMILES string of the molecule is CC(=O)c1cccc(NCC(=O)Nc2ccc(N(C)C)cc2)c1. The van der Waals surface area contributed by atoms with Crippen LogP contribution in [0.2, 0.25) is 0 Å². The van der Waals surface area contributed by atoms with Crippen molar-refractivity contribution in [1.29, 1.82) is 0 Å². The largest absolute Gasteiger partial charge is 0.378 e. The van der Waals surface area contributed by atoms with Crippen LogP contribution >= 0.6 is 0 Å². The summed E-state index contributed by atoms with van der Waals surface area (Å²) >= 11 is 0. The van der Waals surface area contributed by atoms with Crippen molar-refractivity contribution in [2.24, 2.45) is 0 Å². The molecule has 2 aromatic carbocycles. The molecule has 0 saturated heterocycles. The number of nitrogens with zero attached hydrogens (tertiary/aromatic N) is 1. The van der Waals surface area contributed by atoms with Gasteiger partial charge in [0, 0.05) is 36.7 Å². The normalized spacial score (nSPS) is 10.0. The van der Waals surface area contributed by atoms with Gasteiger partial charge >= 0.3 is 0 Å². The van der Waals surface area contributed by atoms with Crippen LogP contribution in [0.15, 0.2) is 48.5 Å². The van der Waals surface area contributed by atoms with Crippen LogP contribution in [-0.4, -0.2) is 32.3 Å². The highest BCUT2D eigenvalue weighted by molar-refractivity contribution is 5.96. The van der Waals surface area contributed by atoms with Gasteiger partial charge < -0.3 is 15.5 Å². The number of hydrogen-bond acceptors (Lipinski definition) is 4. The van der Waals surface area contributed by atoms with E-state index in [4.69, 9.17) is 0 Å². The molecule has 0 bridgehead atoms. The van der Waals surface area contributed by atoms with E-state index < -0.39 is 0 Å².